The van der Waals surface area contributed by atoms with Crippen molar-refractivity contribution in [1.82, 2.24) is 0 Å². The highest BCUT2D eigenvalue weighted by atomic mass is 15.1. The molecule has 4 heteroatoms. The Morgan fingerprint density at radius 2 is 0.392 bits per heavy atom. The second-order valence-electron chi connectivity index (χ2n) is 18.1. The lowest BCUT2D eigenvalue weighted by atomic mass is 9.95. The highest BCUT2D eigenvalue weighted by molar-refractivity contribution is 5.87. The van der Waals surface area contributed by atoms with Crippen molar-refractivity contribution in [2.75, 3.05) is 45.8 Å². The lowest BCUT2D eigenvalue weighted by Gasteiger charge is -2.23. The third kappa shape index (κ3) is 12.6. The normalized spacial score (nSPS) is 11.5. The molecule has 0 radical (unpaired) electrons. The molecule has 0 N–H and O–H groups in total. The van der Waals surface area contributed by atoms with E-state index in [0.717, 1.165) is 70.7 Å². The van der Waals surface area contributed by atoms with E-state index in [0.29, 0.717) is 0 Å². The Kier molecular flexibility index (Phi) is 16.9. The van der Waals surface area contributed by atoms with Crippen molar-refractivity contribution in [2.24, 2.45) is 0 Å². The summed E-state index contributed by atoms with van der Waals surface area (Å²) in [6.45, 7) is 12.3. The Hall–Kier alpha value is -8.86. The average molecular weight is 963 g/mol. The van der Waals surface area contributed by atoms with Gasteiger partial charge in [-0.2, -0.15) is 0 Å². The van der Waals surface area contributed by atoms with Gasteiger partial charge in [-0.25, -0.2) is 0 Å². The summed E-state index contributed by atoms with van der Waals surface area (Å²) in [7, 11) is 0. The van der Waals surface area contributed by atoms with Gasteiger partial charge in [0.2, 0.25) is 0 Å². The third-order valence-electron chi connectivity index (χ3n) is 13.5. The number of benzene rings is 9. The number of anilines is 8. The molecule has 0 saturated carbocycles. The van der Waals surface area contributed by atoms with Gasteiger partial charge >= 0.3 is 0 Å². The van der Waals surface area contributed by atoms with Crippen LogP contribution in [0.4, 0.5) is 45.5 Å². The molecule has 0 spiro atoms. The predicted octanol–water partition coefficient (Wildman–Crippen LogP) is 19.0. The van der Waals surface area contributed by atoms with Gasteiger partial charge in [0, 0.05) is 71.7 Å². The summed E-state index contributed by atoms with van der Waals surface area (Å²) < 4.78 is 0. The number of hydrogen-bond acceptors (Lipinski definition) is 4. The monoisotopic (exact) mass is 963 g/mol. The largest absolute Gasteiger partial charge is 0.342 e. The summed E-state index contributed by atoms with van der Waals surface area (Å²) in [6.07, 6.45) is 18.0. The lowest BCUT2D eigenvalue weighted by molar-refractivity contribution is 1.02. The Morgan fingerprint density at radius 1 is 0.216 bits per heavy atom. The molecule has 0 amide bonds. The van der Waals surface area contributed by atoms with Crippen molar-refractivity contribution in [3.05, 3.63) is 275 Å². The fourth-order valence-corrected chi connectivity index (χ4v) is 9.54. The molecular weight excluding hydrogens is 897 g/mol. The number of rotatable bonds is 20. The second-order valence-corrected chi connectivity index (χ2v) is 18.1. The van der Waals surface area contributed by atoms with Gasteiger partial charge in [-0.05, 0) is 181 Å². The zero-order valence-corrected chi connectivity index (χ0v) is 43.2. The number of nitrogens with zero attached hydrogens (tertiary/aromatic N) is 4. The molecule has 0 aromatic heterocycles. The second kappa shape index (κ2) is 25.0. The molecule has 9 aromatic carbocycles. The van der Waals surface area contributed by atoms with E-state index >= 15 is 0 Å². The molecule has 0 aliphatic carbocycles. The Morgan fingerprint density at radius 3 is 0.568 bits per heavy atom. The van der Waals surface area contributed by atoms with Gasteiger partial charge in [0.15, 0.2) is 0 Å². The topological polar surface area (TPSA) is 13.0 Å². The van der Waals surface area contributed by atoms with E-state index in [4.69, 9.17) is 0 Å². The van der Waals surface area contributed by atoms with E-state index < -0.39 is 0 Å². The minimum Gasteiger partial charge on any atom is -0.342 e. The molecule has 0 bridgehead atoms. The quantitative estimate of drug-likeness (QED) is 0.0706. The van der Waals surface area contributed by atoms with Crippen molar-refractivity contribution < 1.29 is 0 Å². The van der Waals surface area contributed by atoms with Gasteiger partial charge in [0.05, 0.1) is 0 Å². The van der Waals surface area contributed by atoms with Crippen LogP contribution in [-0.2, 0) is 0 Å². The summed E-state index contributed by atoms with van der Waals surface area (Å²) in [5, 5.41) is 0. The summed E-state index contributed by atoms with van der Waals surface area (Å²) in [5.41, 5.74) is 18.5. The van der Waals surface area contributed by atoms with Crippen LogP contribution in [0.15, 0.2) is 231 Å². The molecule has 0 fully saturated rings. The molecule has 4 nitrogen and oxygen atoms in total. The molecule has 0 aliphatic rings. The third-order valence-corrected chi connectivity index (χ3v) is 13.5. The highest BCUT2D eigenvalue weighted by Crippen LogP contribution is 2.32. The van der Waals surface area contributed by atoms with Gasteiger partial charge in [-0.15, -0.1) is 0 Å². The van der Waals surface area contributed by atoms with Gasteiger partial charge in [-0.3, -0.25) is 0 Å². The summed E-state index contributed by atoms with van der Waals surface area (Å²) in [4.78, 5) is 9.35. The van der Waals surface area contributed by atoms with Crippen molar-refractivity contribution in [3.8, 4) is 0 Å². The summed E-state index contributed by atoms with van der Waals surface area (Å²) >= 11 is 0. The van der Waals surface area contributed by atoms with E-state index in [2.05, 4.69) is 326 Å². The standard InChI is InChI=1S/C70H66N4/c1-5-71(63-21-13-9-14-22-63)67-45-33-55(34-46-67)29-41-59-53-61(43-31-57-37-49-69(50-38-57)73(7-3)65-25-17-11-18-26-65)62(44-32-58-39-51-70(52-40-58)74(8-4)66-27-19-12-20-28-66)54-60(59)42-30-56-35-47-68(48-36-56)72(6-2)64-23-15-10-16-24-64/h9-54H,5-8H2,1-4H3/b41-29+,42-30+,43-31+,44-32+. The lowest BCUT2D eigenvalue weighted by Crippen LogP contribution is -2.15. The van der Waals surface area contributed by atoms with Gasteiger partial charge in [-0.1, -0.05) is 170 Å². The minimum absolute atomic E-state index is 0.880. The van der Waals surface area contributed by atoms with E-state index in [9.17, 15) is 0 Å². The van der Waals surface area contributed by atoms with Crippen LogP contribution in [0.1, 0.15) is 72.2 Å². The van der Waals surface area contributed by atoms with E-state index in [1.165, 1.54) is 45.5 Å². The van der Waals surface area contributed by atoms with Crippen LogP contribution in [0.25, 0.3) is 48.6 Å². The van der Waals surface area contributed by atoms with Crippen LogP contribution in [0, 0.1) is 0 Å². The maximum Gasteiger partial charge on any atom is 0.0411 e. The maximum atomic E-state index is 2.34. The first-order valence-corrected chi connectivity index (χ1v) is 26.1. The van der Waals surface area contributed by atoms with E-state index in [1.807, 2.05) is 0 Å². The maximum absolute atomic E-state index is 2.34. The molecule has 9 aromatic rings. The van der Waals surface area contributed by atoms with Gasteiger partial charge in [0.25, 0.3) is 0 Å². The van der Waals surface area contributed by atoms with E-state index in [-0.39, 0.29) is 0 Å². The first-order valence-electron chi connectivity index (χ1n) is 26.1. The van der Waals surface area contributed by atoms with Crippen molar-refractivity contribution in [2.45, 2.75) is 27.7 Å². The molecule has 366 valence electrons. The predicted molar refractivity (Wildman–Crippen MR) is 324 cm³/mol. The summed E-state index contributed by atoms with van der Waals surface area (Å²) in [6, 6.07) is 82.5. The molecular formula is C70H66N4. The Bertz CT molecular complexity index is 2820. The molecule has 9 rings (SSSR count). The first kappa shape index (κ1) is 50.1. The van der Waals surface area contributed by atoms with Crippen LogP contribution in [-0.4, -0.2) is 26.2 Å². The fourth-order valence-electron chi connectivity index (χ4n) is 9.54. The number of para-hydroxylation sites is 4. The summed E-state index contributed by atoms with van der Waals surface area (Å²) in [5.74, 6) is 0. The zero-order chi connectivity index (χ0) is 50.9. The molecule has 0 unspecified atom stereocenters. The van der Waals surface area contributed by atoms with Crippen molar-refractivity contribution >= 4 is 94.1 Å². The van der Waals surface area contributed by atoms with Crippen LogP contribution in [0.3, 0.4) is 0 Å². The average Bonchev–Trinajstić information content (AvgIpc) is 3.46. The first-order chi connectivity index (χ1) is 36.5. The van der Waals surface area contributed by atoms with Crippen molar-refractivity contribution in [1.29, 1.82) is 0 Å². The van der Waals surface area contributed by atoms with Gasteiger partial charge < -0.3 is 19.6 Å². The van der Waals surface area contributed by atoms with Crippen LogP contribution >= 0.6 is 0 Å². The molecule has 0 saturated heterocycles. The minimum atomic E-state index is 0.880. The van der Waals surface area contributed by atoms with Crippen LogP contribution in [0.5, 0.6) is 0 Å². The molecule has 0 atom stereocenters. The highest BCUT2D eigenvalue weighted by Gasteiger charge is 2.11. The van der Waals surface area contributed by atoms with E-state index in [1.54, 1.807) is 0 Å². The Balaban J connectivity index is 1.09. The molecule has 0 heterocycles. The SMILES string of the molecule is CCN(c1ccccc1)c1ccc(/C=C/c2cc(/C=C/c3ccc(N(CC)c4ccccc4)cc3)c(/C=C/c3ccc(N(CC)c4ccccc4)cc3)cc2/C=C/c2ccc(N(CC)c3ccccc3)cc2)cc1. The number of hydrogen-bond donors (Lipinski definition) is 0. The Labute approximate surface area is 440 Å². The van der Waals surface area contributed by atoms with Gasteiger partial charge in [0.1, 0.15) is 0 Å². The zero-order valence-electron chi connectivity index (χ0n) is 43.2. The molecule has 0 aliphatic heterocycles. The fraction of sp³-hybridized carbons (Fsp3) is 0.114. The van der Waals surface area contributed by atoms with Crippen LogP contribution < -0.4 is 19.6 Å². The smallest absolute Gasteiger partial charge is 0.0411 e. The molecule has 74 heavy (non-hydrogen) atoms. The van der Waals surface area contributed by atoms with Crippen LogP contribution in [0.2, 0.25) is 0 Å². The van der Waals surface area contributed by atoms with Crippen molar-refractivity contribution in [3.63, 3.8) is 0 Å².